The first-order chi connectivity index (χ1) is 14.3. The molecule has 3 rings (SSSR count). The van der Waals surface area contributed by atoms with Gasteiger partial charge in [-0.3, -0.25) is 4.79 Å². The molecule has 9 heteroatoms. The van der Waals surface area contributed by atoms with Crippen LogP contribution in [0.1, 0.15) is 36.7 Å². The molecule has 3 N–H and O–H groups in total. The highest BCUT2D eigenvalue weighted by molar-refractivity contribution is 7.99. The van der Waals surface area contributed by atoms with E-state index in [1.165, 1.54) is 16.4 Å². The number of ether oxygens (including phenoxy) is 1. The number of rotatable bonds is 8. The van der Waals surface area contributed by atoms with E-state index >= 15 is 0 Å². The summed E-state index contributed by atoms with van der Waals surface area (Å²) < 4.78 is 7.32. The van der Waals surface area contributed by atoms with Gasteiger partial charge in [0.2, 0.25) is 11.1 Å². The summed E-state index contributed by atoms with van der Waals surface area (Å²) in [7, 11) is 0. The quantitative estimate of drug-likeness (QED) is 0.394. The fourth-order valence-electron chi connectivity index (χ4n) is 2.75. The summed E-state index contributed by atoms with van der Waals surface area (Å²) in [6.45, 7) is 6.44. The van der Waals surface area contributed by atoms with Crippen LogP contribution >= 0.6 is 23.4 Å². The summed E-state index contributed by atoms with van der Waals surface area (Å²) in [6.07, 6.45) is 0. The van der Waals surface area contributed by atoms with E-state index in [0.717, 1.165) is 16.9 Å². The van der Waals surface area contributed by atoms with Gasteiger partial charge in [0, 0.05) is 10.7 Å². The van der Waals surface area contributed by atoms with Gasteiger partial charge in [-0.05, 0) is 54.3 Å². The average molecular weight is 446 g/mol. The van der Waals surface area contributed by atoms with E-state index in [-0.39, 0.29) is 18.3 Å². The summed E-state index contributed by atoms with van der Waals surface area (Å²) in [4.78, 5) is 12.1. The predicted octanol–water partition coefficient (Wildman–Crippen LogP) is 4.39. The van der Waals surface area contributed by atoms with Crippen LogP contribution in [0.25, 0.3) is 0 Å². The minimum atomic E-state index is -0.176. The molecule has 0 spiro atoms. The van der Waals surface area contributed by atoms with Crippen molar-refractivity contribution in [2.45, 2.75) is 38.5 Å². The number of thioether (sulfide) groups is 1. The average Bonchev–Trinajstić information content (AvgIpc) is 3.06. The molecule has 158 valence electrons. The molecule has 0 atom stereocenters. The number of nitrogens with zero attached hydrogens (tertiary/aromatic N) is 3. The largest absolute Gasteiger partial charge is 0.485 e. The normalized spacial score (nSPS) is 11.0. The van der Waals surface area contributed by atoms with Crippen LogP contribution in [0.15, 0.2) is 47.6 Å². The van der Waals surface area contributed by atoms with Gasteiger partial charge in [0.15, 0.2) is 5.82 Å². The number of nitrogen functional groups attached to an aromatic ring is 1. The van der Waals surface area contributed by atoms with E-state index in [4.69, 9.17) is 22.2 Å². The Balaban J connectivity index is 1.58. The van der Waals surface area contributed by atoms with Crippen LogP contribution in [0.4, 0.5) is 5.69 Å². The first-order valence-corrected chi connectivity index (χ1v) is 10.8. The van der Waals surface area contributed by atoms with E-state index < -0.39 is 0 Å². The Kier molecular flexibility index (Phi) is 7.23. The number of aromatic nitrogens is 3. The third kappa shape index (κ3) is 5.67. The number of hydrogen-bond donors (Lipinski definition) is 2. The standard InChI is InChI=1S/C21H24ClN5O2S/c1-13(2)17-9-4-14(3)10-18(17)29-11-19-25-26-21(27(19)23)30-12-20(28)24-16-7-5-15(22)6-8-16/h4-10,13H,11-12,23H2,1-3H3,(H,24,28). The van der Waals surface area contributed by atoms with Crippen molar-refractivity contribution in [3.05, 3.63) is 64.4 Å². The van der Waals surface area contributed by atoms with Gasteiger partial charge < -0.3 is 15.9 Å². The Morgan fingerprint density at radius 1 is 1.23 bits per heavy atom. The van der Waals surface area contributed by atoms with E-state index in [9.17, 15) is 4.79 Å². The number of nitrogens with one attached hydrogen (secondary N) is 1. The topological polar surface area (TPSA) is 95.1 Å². The second kappa shape index (κ2) is 9.86. The van der Waals surface area contributed by atoms with Gasteiger partial charge in [-0.2, -0.15) is 0 Å². The lowest BCUT2D eigenvalue weighted by molar-refractivity contribution is -0.113. The van der Waals surface area contributed by atoms with Crippen LogP contribution in [0.3, 0.4) is 0 Å². The molecular weight excluding hydrogens is 422 g/mol. The zero-order valence-corrected chi connectivity index (χ0v) is 18.6. The molecular formula is C21H24ClN5O2S. The van der Waals surface area contributed by atoms with Crippen molar-refractivity contribution in [3.63, 3.8) is 0 Å². The van der Waals surface area contributed by atoms with Gasteiger partial charge in [-0.1, -0.05) is 49.3 Å². The highest BCUT2D eigenvalue weighted by atomic mass is 35.5. The fourth-order valence-corrected chi connectivity index (χ4v) is 3.55. The van der Waals surface area contributed by atoms with Crippen LogP contribution in [0.2, 0.25) is 5.02 Å². The highest BCUT2D eigenvalue weighted by Gasteiger charge is 2.15. The highest BCUT2D eigenvalue weighted by Crippen LogP contribution is 2.28. The van der Waals surface area contributed by atoms with E-state index in [1.807, 2.05) is 13.0 Å². The summed E-state index contributed by atoms with van der Waals surface area (Å²) >= 11 is 7.05. The third-order valence-corrected chi connectivity index (χ3v) is 5.54. The molecule has 1 heterocycles. The monoisotopic (exact) mass is 445 g/mol. The van der Waals surface area contributed by atoms with Crippen molar-refractivity contribution in [2.75, 3.05) is 16.9 Å². The fraction of sp³-hybridized carbons (Fsp3) is 0.286. The Morgan fingerprint density at radius 2 is 1.97 bits per heavy atom. The van der Waals surface area contributed by atoms with Crippen LogP contribution in [-0.4, -0.2) is 26.5 Å². The van der Waals surface area contributed by atoms with Gasteiger partial charge in [-0.25, -0.2) is 4.68 Å². The SMILES string of the molecule is Cc1ccc(C(C)C)c(OCc2nnc(SCC(=O)Nc3ccc(Cl)cc3)n2N)c1. The molecule has 2 aromatic carbocycles. The maximum atomic E-state index is 12.1. The molecule has 1 aromatic heterocycles. The van der Waals surface area contributed by atoms with Crippen LogP contribution in [0, 0.1) is 6.92 Å². The van der Waals surface area contributed by atoms with Crippen molar-refractivity contribution in [1.82, 2.24) is 14.9 Å². The predicted molar refractivity (Wildman–Crippen MR) is 121 cm³/mol. The molecule has 0 aliphatic heterocycles. The lowest BCUT2D eigenvalue weighted by Crippen LogP contribution is -2.18. The van der Waals surface area contributed by atoms with Crippen molar-refractivity contribution >= 4 is 35.0 Å². The Morgan fingerprint density at radius 3 is 2.67 bits per heavy atom. The zero-order chi connectivity index (χ0) is 21.7. The number of benzene rings is 2. The number of amides is 1. The Hall–Kier alpha value is -2.71. The Labute approximate surface area is 184 Å². The lowest BCUT2D eigenvalue weighted by Gasteiger charge is -2.14. The number of hydrogen-bond acceptors (Lipinski definition) is 6. The second-order valence-corrected chi connectivity index (χ2v) is 8.48. The molecule has 0 fully saturated rings. The van der Waals surface area contributed by atoms with Crippen LogP contribution < -0.4 is 15.9 Å². The van der Waals surface area contributed by atoms with Gasteiger partial charge in [0.25, 0.3) is 0 Å². The molecule has 3 aromatic rings. The van der Waals surface area contributed by atoms with Crippen molar-refractivity contribution in [3.8, 4) is 5.75 Å². The van der Waals surface area contributed by atoms with Crippen LogP contribution in [0.5, 0.6) is 5.75 Å². The maximum absolute atomic E-state index is 12.1. The molecule has 0 radical (unpaired) electrons. The van der Waals surface area contributed by atoms with Crippen molar-refractivity contribution in [1.29, 1.82) is 0 Å². The zero-order valence-electron chi connectivity index (χ0n) is 17.1. The Bertz CT molecular complexity index is 1020. The molecule has 1 amide bonds. The first-order valence-electron chi connectivity index (χ1n) is 9.44. The van der Waals surface area contributed by atoms with Crippen molar-refractivity contribution < 1.29 is 9.53 Å². The molecule has 0 aliphatic carbocycles. The van der Waals surface area contributed by atoms with E-state index in [1.54, 1.807) is 24.3 Å². The summed E-state index contributed by atoms with van der Waals surface area (Å²) in [6, 6.07) is 13.0. The summed E-state index contributed by atoms with van der Waals surface area (Å²) in [5.41, 5.74) is 2.91. The lowest BCUT2D eigenvalue weighted by atomic mass is 10.0. The van der Waals surface area contributed by atoms with Crippen molar-refractivity contribution in [2.24, 2.45) is 0 Å². The maximum Gasteiger partial charge on any atom is 0.234 e. The molecule has 0 aliphatic rings. The number of halogens is 1. The first kappa shape index (κ1) is 22.0. The molecule has 30 heavy (non-hydrogen) atoms. The van der Waals surface area contributed by atoms with Gasteiger partial charge in [-0.15, -0.1) is 10.2 Å². The molecule has 0 unspecified atom stereocenters. The molecule has 0 saturated carbocycles. The number of anilines is 1. The number of nitrogens with two attached hydrogens (primary N) is 1. The summed E-state index contributed by atoms with van der Waals surface area (Å²) in [5, 5.41) is 12.0. The van der Waals surface area contributed by atoms with E-state index in [2.05, 4.69) is 41.5 Å². The number of aryl methyl sites for hydroxylation is 1. The molecule has 0 bridgehead atoms. The minimum absolute atomic E-state index is 0.147. The minimum Gasteiger partial charge on any atom is -0.485 e. The third-order valence-electron chi connectivity index (χ3n) is 4.34. The van der Waals surface area contributed by atoms with Gasteiger partial charge in [0.05, 0.1) is 5.75 Å². The smallest absolute Gasteiger partial charge is 0.234 e. The molecule has 7 nitrogen and oxygen atoms in total. The van der Waals surface area contributed by atoms with E-state index in [0.29, 0.717) is 27.6 Å². The van der Waals surface area contributed by atoms with Crippen LogP contribution in [-0.2, 0) is 11.4 Å². The van der Waals surface area contributed by atoms with Gasteiger partial charge in [0.1, 0.15) is 12.4 Å². The summed E-state index contributed by atoms with van der Waals surface area (Å²) in [5.74, 6) is 7.69. The second-order valence-electron chi connectivity index (χ2n) is 7.10. The molecule has 0 saturated heterocycles. The van der Waals surface area contributed by atoms with Gasteiger partial charge >= 0.3 is 0 Å². The number of carbonyl (C=O) groups is 1. The number of carbonyl (C=O) groups excluding carboxylic acids is 1.